The Morgan fingerprint density at radius 1 is 1.53 bits per heavy atom. The molecule has 4 unspecified atom stereocenters. The van der Waals surface area contributed by atoms with Crippen LogP contribution >= 0.6 is 0 Å². The largest absolute Gasteiger partial charge is 0.444 e. The summed E-state index contributed by atoms with van der Waals surface area (Å²) in [5.41, 5.74) is 6.11. The lowest BCUT2D eigenvalue weighted by molar-refractivity contribution is 0.0516. The van der Waals surface area contributed by atoms with Gasteiger partial charge in [-0.25, -0.2) is 4.98 Å². The molecule has 1 aliphatic rings. The molecule has 0 radical (unpaired) electrons. The molecule has 17 heavy (non-hydrogen) atoms. The van der Waals surface area contributed by atoms with E-state index in [0.29, 0.717) is 18.0 Å². The van der Waals surface area contributed by atoms with Crippen LogP contribution in [-0.4, -0.2) is 28.5 Å². The molecule has 2 rings (SSSR count). The smallest absolute Gasteiger partial charge is 0.211 e. The van der Waals surface area contributed by atoms with Gasteiger partial charge in [0.15, 0.2) is 0 Å². The number of hydrogen-bond donors (Lipinski definition) is 1. The molecular formula is C13H23N3O. The maximum atomic E-state index is 6.11. The predicted octanol–water partition coefficient (Wildman–Crippen LogP) is 2.10. The fraction of sp³-hybridized carbons (Fsp3) is 0.769. The molecule has 2 N–H and O–H groups in total. The van der Waals surface area contributed by atoms with E-state index in [4.69, 9.17) is 10.2 Å². The van der Waals surface area contributed by atoms with Gasteiger partial charge in [0.05, 0.1) is 12.2 Å². The number of aromatic nitrogens is 1. The predicted molar refractivity (Wildman–Crippen MR) is 67.6 cm³/mol. The molecule has 2 heterocycles. The Morgan fingerprint density at radius 3 is 2.82 bits per heavy atom. The van der Waals surface area contributed by atoms with Crippen LogP contribution in [0.15, 0.2) is 10.6 Å². The van der Waals surface area contributed by atoms with Gasteiger partial charge in [-0.3, -0.25) is 4.90 Å². The Balaban J connectivity index is 2.12. The van der Waals surface area contributed by atoms with Gasteiger partial charge in [0.25, 0.3) is 0 Å². The summed E-state index contributed by atoms with van der Waals surface area (Å²) in [5.74, 6) is 2.21. The van der Waals surface area contributed by atoms with Crippen molar-refractivity contribution in [2.45, 2.75) is 52.2 Å². The Labute approximate surface area is 103 Å². The third kappa shape index (κ3) is 2.38. The van der Waals surface area contributed by atoms with Crippen molar-refractivity contribution in [2.24, 2.45) is 11.7 Å². The van der Waals surface area contributed by atoms with Crippen molar-refractivity contribution in [1.29, 1.82) is 0 Å². The van der Waals surface area contributed by atoms with Gasteiger partial charge >= 0.3 is 0 Å². The van der Waals surface area contributed by atoms with E-state index in [0.717, 1.165) is 24.6 Å². The highest BCUT2D eigenvalue weighted by Crippen LogP contribution is 2.30. The van der Waals surface area contributed by atoms with Gasteiger partial charge < -0.3 is 10.2 Å². The van der Waals surface area contributed by atoms with E-state index in [1.165, 1.54) is 0 Å². The molecule has 1 aromatic heterocycles. The second-order valence-electron chi connectivity index (χ2n) is 5.28. The zero-order valence-electron chi connectivity index (χ0n) is 11.2. The maximum absolute atomic E-state index is 6.11. The lowest BCUT2D eigenvalue weighted by Gasteiger charge is -2.43. The fourth-order valence-corrected chi connectivity index (χ4v) is 2.68. The minimum absolute atomic E-state index is 0.230. The van der Waals surface area contributed by atoms with Gasteiger partial charge in [0.2, 0.25) is 5.89 Å². The summed E-state index contributed by atoms with van der Waals surface area (Å²) in [6, 6.07) is 1.02. The number of likely N-dealkylation sites (tertiary alicyclic amines) is 1. The van der Waals surface area contributed by atoms with Crippen LogP contribution in [-0.2, 0) is 0 Å². The Morgan fingerprint density at radius 2 is 2.24 bits per heavy atom. The first kappa shape index (κ1) is 12.6. The molecule has 0 saturated carbocycles. The number of nitrogens with two attached hydrogens (primary N) is 1. The second-order valence-corrected chi connectivity index (χ2v) is 5.28. The molecule has 96 valence electrons. The van der Waals surface area contributed by atoms with Gasteiger partial charge in [-0.1, -0.05) is 6.92 Å². The van der Waals surface area contributed by atoms with E-state index in [2.05, 4.69) is 30.7 Å². The minimum atomic E-state index is 0.230. The lowest BCUT2D eigenvalue weighted by Crippen LogP contribution is -2.52. The van der Waals surface area contributed by atoms with Crippen molar-refractivity contribution in [3.63, 3.8) is 0 Å². The van der Waals surface area contributed by atoms with Crippen molar-refractivity contribution in [3.05, 3.63) is 17.8 Å². The van der Waals surface area contributed by atoms with Crippen LogP contribution in [0.5, 0.6) is 0 Å². The quantitative estimate of drug-likeness (QED) is 0.856. The average Bonchev–Trinajstić information content (AvgIpc) is 2.72. The molecule has 4 nitrogen and oxygen atoms in total. The standard InChI is InChI=1S/C13H23N3O/c1-8-7-15-13(17-8)11(4)16-6-5-12(14)9(2)10(16)3/h7,9-12H,5-6,14H2,1-4H3. The number of hydrogen-bond acceptors (Lipinski definition) is 4. The van der Waals surface area contributed by atoms with Crippen molar-refractivity contribution >= 4 is 0 Å². The van der Waals surface area contributed by atoms with E-state index < -0.39 is 0 Å². The highest BCUT2D eigenvalue weighted by molar-refractivity contribution is 4.99. The first-order chi connectivity index (χ1) is 8.00. The molecule has 0 amide bonds. The van der Waals surface area contributed by atoms with Crippen LogP contribution < -0.4 is 5.73 Å². The molecule has 0 bridgehead atoms. The Bertz CT molecular complexity index is 376. The second kappa shape index (κ2) is 4.78. The number of nitrogens with zero attached hydrogens (tertiary/aromatic N) is 2. The summed E-state index contributed by atoms with van der Waals surface area (Å²) in [6.07, 6.45) is 2.84. The first-order valence-corrected chi connectivity index (χ1v) is 6.44. The maximum Gasteiger partial charge on any atom is 0.211 e. The Hall–Kier alpha value is -0.870. The van der Waals surface area contributed by atoms with E-state index in [9.17, 15) is 0 Å². The molecule has 0 spiro atoms. The number of rotatable bonds is 2. The van der Waals surface area contributed by atoms with Crippen LogP contribution in [0.2, 0.25) is 0 Å². The van der Waals surface area contributed by atoms with Gasteiger partial charge in [-0.15, -0.1) is 0 Å². The molecule has 1 aliphatic heterocycles. The van der Waals surface area contributed by atoms with Crippen LogP contribution in [0.1, 0.15) is 44.9 Å². The molecule has 0 aliphatic carbocycles. The third-order valence-electron chi connectivity index (χ3n) is 4.17. The van der Waals surface area contributed by atoms with Crippen LogP contribution in [0.25, 0.3) is 0 Å². The molecule has 1 fully saturated rings. The summed E-state index contributed by atoms with van der Waals surface area (Å²) >= 11 is 0. The molecule has 1 aromatic rings. The molecule has 4 atom stereocenters. The van der Waals surface area contributed by atoms with Crippen molar-refractivity contribution < 1.29 is 4.42 Å². The topological polar surface area (TPSA) is 55.3 Å². The summed E-state index contributed by atoms with van der Waals surface area (Å²) < 4.78 is 5.62. The van der Waals surface area contributed by atoms with Crippen LogP contribution in [0, 0.1) is 12.8 Å². The van der Waals surface area contributed by atoms with E-state index >= 15 is 0 Å². The highest BCUT2D eigenvalue weighted by Gasteiger charge is 2.34. The molecule has 4 heteroatoms. The van der Waals surface area contributed by atoms with Gasteiger partial charge in [0, 0.05) is 18.6 Å². The van der Waals surface area contributed by atoms with Gasteiger partial charge in [0.1, 0.15) is 5.76 Å². The third-order valence-corrected chi connectivity index (χ3v) is 4.17. The molecular weight excluding hydrogens is 214 g/mol. The van der Waals surface area contributed by atoms with Crippen molar-refractivity contribution in [1.82, 2.24) is 9.88 Å². The number of aryl methyl sites for hydroxylation is 1. The Kier molecular flexibility index (Phi) is 3.54. The molecule has 0 aromatic carbocycles. The summed E-state index contributed by atoms with van der Waals surface area (Å²) in [6.45, 7) is 9.59. The van der Waals surface area contributed by atoms with Crippen molar-refractivity contribution in [2.75, 3.05) is 6.54 Å². The van der Waals surface area contributed by atoms with Crippen LogP contribution in [0.3, 0.4) is 0 Å². The van der Waals surface area contributed by atoms with Crippen molar-refractivity contribution in [3.8, 4) is 0 Å². The van der Waals surface area contributed by atoms with E-state index in [1.807, 2.05) is 6.92 Å². The summed E-state index contributed by atoms with van der Waals surface area (Å²) in [4.78, 5) is 6.77. The number of piperidine rings is 1. The van der Waals surface area contributed by atoms with E-state index in [1.54, 1.807) is 6.20 Å². The normalized spacial score (nSPS) is 32.6. The molecule has 1 saturated heterocycles. The summed E-state index contributed by atoms with van der Waals surface area (Å²) in [7, 11) is 0. The fourth-order valence-electron chi connectivity index (χ4n) is 2.68. The van der Waals surface area contributed by atoms with Gasteiger partial charge in [-0.2, -0.15) is 0 Å². The SMILES string of the molecule is Cc1cnc(C(C)N2CCC(N)C(C)C2C)o1. The zero-order chi connectivity index (χ0) is 12.6. The van der Waals surface area contributed by atoms with E-state index in [-0.39, 0.29) is 6.04 Å². The first-order valence-electron chi connectivity index (χ1n) is 6.44. The monoisotopic (exact) mass is 237 g/mol. The van der Waals surface area contributed by atoms with Gasteiger partial charge in [-0.05, 0) is 33.1 Å². The average molecular weight is 237 g/mol. The zero-order valence-corrected chi connectivity index (χ0v) is 11.2. The number of oxazole rings is 1. The minimum Gasteiger partial charge on any atom is -0.444 e. The summed E-state index contributed by atoms with van der Waals surface area (Å²) in [5, 5.41) is 0. The highest BCUT2D eigenvalue weighted by atomic mass is 16.4. The van der Waals surface area contributed by atoms with Crippen LogP contribution in [0.4, 0.5) is 0 Å². The lowest BCUT2D eigenvalue weighted by atomic mass is 9.87.